The van der Waals surface area contributed by atoms with Crippen molar-refractivity contribution in [2.24, 2.45) is 0 Å². The van der Waals surface area contributed by atoms with Crippen LogP contribution in [0.25, 0.3) is 0 Å². The van der Waals surface area contributed by atoms with Crippen molar-refractivity contribution in [3.05, 3.63) is 29.8 Å². The molecule has 0 fully saturated rings. The van der Waals surface area contributed by atoms with Crippen LogP contribution in [0, 0.1) is 0 Å². The van der Waals surface area contributed by atoms with Crippen LogP contribution in [-0.2, 0) is 22.2 Å². The molecule has 0 radical (unpaired) electrons. The van der Waals surface area contributed by atoms with Crippen molar-refractivity contribution < 1.29 is 20.8 Å². The second-order valence-electron chi connectivity index (χ2n) is 1.92. The molecule has 0 heterocycles. The van der Waals surface area contributed by atoms with Gasteiger partial charge in [-0.25, -0.2) is 0 Å². The Balaban J connectivity index is 2.81. The van der Waals surface area contributed by atoms with Gasteiger partial charge in [0.25, 0.3) is 0 Å². The molecule has 0 aliphatic carbocycles. The zero-order chi connectivity index (χ0) is 7.40. The second kappa shape index (κ2) is 3.60. The van der Waals surface area contributed by atoms with E-state index in [0.29, 0.717) is 12.3 Å². The molecule has 1 rings (SSSR count). The molecule has 0 unspecified atom stereocenters. The monoisotopic (exact) mass is 180 g/mol. The average Bonchev–Trinajstić information content (AvgIpc) is 1.94. The molecule has 1 aromatic carbocycles. The van der Waals surface area contributed by atoms with Crippen LogP contribution in [0.3, 0.4) is 0 Å². The van der Waals surface area contributed by atoms with Crippen molar-refractivity contribution in [2.45, 2.75) is 6.54 Å². The van der Waals surface area contributed by atoms with Crippen molar-refractivity contribution in [3.63, 3.8) is 0 Å². The summed E-state index contributed by atoms with van der Waals surface area (Å²) in [6.07, 6.45) is 0. The molecule has 3 heteroatoms. The van der Waals surface area contributed by atoms with E-state index in [1.165, 1.54) is 0 Å². The second-order valence-corrected chi connectivity index (χ2v) is 2.27. The molecule has 0 saturated carbocycles. The standard InChI is InChI=1S/C7H8NO.Ni/c8-5-6-3-1-2-4-7(6)9;/h1-4,8-9H,5H2;/q-1;+1. The third-order valence-electron chi connectivity index (χ3n) is 1.24. The molecule has 0 bridgehead atoms. The number of hydrogen-bond donors (Lipinski definition) is 2. The van der Waals surface area contributed by atoms with Gasteiger partial charge in [0.05, 0.1) is 0 Å². The molecule has 2 N–H and O–H groups in total. The number of aromatic hydroxyl groups is 1. The molecule has 0 saturated heterocycles. The topological polar surface area (TPSA) is 32.3 Å². The Labute approximate surface area is 67.8 Å². The molecule has 0 aliphatic rings. The first-order valence-electron chi connectivity index (χ1n) is 2.92. The molecule has 0 amide bonds. The summed E-state index contributed by atoms with van der Waals surface area (Å²) in [6, 6.07) is 7.13. The predicted octanol–water partition coefficient (Wildman–Crippen LogP) is 0.944. The van der Waals surface area contributed by atoms with E-state index in [-0.39, 0.29) is 0 Å². The van der Waals surface area contributed by atoms with E-state index in [2.05, 4.69) is 20.1 Å². The van der Waals surface area contributed by atoms with Crippen molar-refractivity contribution in [1.82, 2.24) is 4.40 Å². The van der Waals surface area contributed by atoms with Gasteiger partial charge in [-0.05, 0) is 0 Å². The zero-order valence-electron chi connectivity index (χ0n) is 5.28. The van der Waals surface area contributed by atoms with Crippen molar-refractivity contribution in [2.75, 3.05) is 0 Å². The summed E-state index contributed by atoms with van der Waals surface area (Å²) < 4.78 is 2.59. The van der Waals surface area contributed by atoms with Gasteiger partial charge < -0.3 is 0 Å². The van der Waals surface area contributed by atoms with Crippen molar-refractivity contribution in [3.8, 4) is 5.75 Å². The van der Waals surface area contributed by atoms with Crippen LogP contribution in [0.4, 0.5) is 0 Å². The summed E-state index contributed by atoms with van der Waals surface area (Å²) in [6.45, 7) is 0.548. The molecule has 0 spiro atoms. The van der Waals surface area contributed by atoms with Gasteiger partial charge in [-0.2, -0.15) is 0 Å². The Kier molecular flexibility index (Phi) is 2.72. The number of nitrogens with one attached hydrogen (secondary N) is 1. The molecule has 0 aromatic heterocycles. The van der Waals surface area contributed by atoms with Gasteiger partial charge in [0.1, 0.15) is 0 Å². The normalized spacial score (nSPS) is 9.80. The molecular weight excluding hydrogens is 173 g/mol. The quantitative estimate of drug-likeness (QED) is 0.665. The van der Waals surface area contributed by atoms with E-state index >= 15 is 0 Å². The van der Waals surface area contributed by atoms with Crippen LogP contribution in [0.2, 0.25) is 0 Å². The summed E-state index contributed by atoms with van der Waals surface area (Å²) in [7, 11) is 0. The molecule has 57 valence electrons. The summed E-state index contributed by atoms with van der Waals surface area (Å²) in [5, 5.41) is 9.16. The van der Waals surface area contributed by atoms with Gasteiger partial charge in [0.2, 0.25) is 0 Å². The molecule has 1 aromatic rings. The number of para-hydroxylation sites is 1. The Bertz CT molecular complexity index is 215. The number of phenols is 1. The van der Waals surface area contributed by atoms with Crippen molar-refractivity contribution in [1.29, 1.82) is 0 Å². The van der Waals surface area contributed by atoms with Crippen LogP contribution in [0.15, 0.2) is 24.3 Å². The number of rotatable bonds is 2. The molecular formula is C7H8NNiO. The third kappa shape index (κ3) is 1.73. The Morgan fingerprint density at radius 3 is 2.70 bits per heavy atom. The summed E-state index contributed by atoms with van der Waals surface area (Å²) in [5.41, 5.74) is 0.841. The number of hydrogen-bond acceptors (Lipinski definition) is 2. The van der Waals surface area contributed by atoms with Gasteiger partial charge >= 0.3 is 67.3 Å². The Morgan fingerprint density at radius 2 is 2.10 bits per heavy atom. The number of phenolic OH excluding ortho intramolecular Hbond substituents is 1. The first-order valence-corrected chi connectivity index (χ1v) is 3.41. The number of benzene rings is 1. The fraction of sp³-hybridized carbons (Fsp3) is 0.143. The summed E-state index contributed by atoms with van der Waals surface area (Å²) in [5.74, 6) is 0.298. The van der Waals surface area contributed by atoms with E-state index in [4.69, 9.17) is 5.11 Å². The third-order valence-corrected chi connectivity index (χ3v) is 1.41. The average molecular weight is 181 g/mol. The zero-order valence-corrected chi connectivity index (χ0v) is 6.27. The molecule has 2 nitrogen and oxygen atoms in total. The van der Waals surface area contributed by atoms with Crippen molar-refractivity contribution >= 4 is 0 Å². The van der Waals surface area contributed by atoms with Crippen LogP contribution in [0.5, 0.6) is 5.75 Å². The minimum atomic E-state index is 0.298. The fourth-order valence-corrected chi connectivity index (χ4v) is 0.909. The van der Waals surface area contributed by atoms with E-state index in [9.17, 15) is 0 Å². The molecule has 0 aliphatic heterocycles. The first kappa shape index (κ1) is 7.58. The first-order chi connectivity index (χ1) is 4.84. The van der Waals surface area contributed by atoms with E-state index in [0.717, 1.165) is 5.56 Å². The van der Waals surface area contributed by atoms with Gasteiger partial charge in [0, 0.05) is 0 Å². The van der Waals surface area contributed by atoms with Gasteiger partial charge in [0.15, 0.2) is 0 Å². The molecule has 10 heavy (non-hydrogen) atoms. The minimum absolute atomic E-state index is 0.298. The predicted molar refractivity (Wildman–Crippen MR) is 34.9 cm³/mol. The Morgan fingerprint density at radius 1 is 1.40 bits per heavy atom. The van der Waals surface area contributed by atoms with E-state index in [1.807, 2.05) is 12.1 Å². The fourth-order valence-electron chi connectivity index (χ4n) is 0.721. The Hall–Kier alpha value is -0.526. The maximum absolute atomic E-state index is 9.16. The van der Waals surface area contributed by atoms with Gasteiger partial charge in [-0.15, -0.1) is 0 Å². The maximum atomic E-state index is 9.16. The molecule has 0 atom stereocenters. The van der Waals surface area contributed by atoms with Gasteiger partial charge in [-0.3, -0.25) is 0 Å². The van der Waals surface area contributed by atoms with E-state index < -0.39 is 0 Å². The van der Waals surface area contributed by atoms with Crippen LogP contribution < -0.4 is 4.40 Å². The van der Waals surface area contributed by atoms with Gasteiger partial charge in [-0.1, -0.05) is 0 Å². The SMILES string of the molecule is Oc1ccccc1C[NH][Ni]. The van der Waals surface area contributed by atoms with Crippen LogP contribution in [0.1, 0.15) is 5.56 Å². The van der Waals surface area contributed by atoms with Crippen LogP contribution >= 0.6 is 0 Å². The van der Waals surface area contributed by atoms with E-state index in [1.54, 1.807) is 12.1 Å². The summed E-state index contributed by atoms with van der Waals surface area (Å²) in [4.78, 5) is 0. The van der Waals surface area contributed by atoms with Crippen LogP contribution in [-0.4, -0.2) is 5.11 Å². The summed E-state index contributed by atoms with van der Waals surface area (Å²) >= 11 is 4.26.